The fourth-order valence-corrected chi connectivity index (χ4v) is 1.90. The van der Waals surface area contributed by atoms with E-state index in [-0.39, 0.29) is 6.10 Å². The van der Waals surface area contributed by atoms with Crippen LogP contribution in [-0.4, -0.2) is 31.0 Å². The first-order valence-corrected chi connectivity index (χ1v) is 6.23. The molecule has 0 amide bonds. The molecule has 0 aliphatic rings. The predicted octanol–water partition coefficient (Wildman–Crippen LogP) is 1.23. The minimum atomic E-state index is -0.389. The molecule has 2 aromatic heterocycles. The van der Waals surface area contributed by atoms with Crippen molar-refractivity contribution in [3.8, 4) is 0 Å². The normalized spacial score (nSPS) is 12.6. The van der Waals surface area contributed by atoms with Gasteiger partial charge in [0.25, 0.3) is 0 Å². The summed E-state index contributed by atoms with van der Waals surface area (Å²) in [6.07, 6.45) is 6.82. The topological polar surface area (TPSA) is 63.8 Å². The number of aliphatic hydroxyl groups excluding tert-OH is 1. The first kappa shape index (κ1) is 12.7. The number of aromatic nitrogens is 4. The van der Waals surface area contributed by atoms with E-state index in [4.69, 9.17) is 0 Å². The number of aryl methyl sites for hydroxylation is 2. The summed E-state index contributed by atoms with van der Waals surface area (Å²) < 4.78 is 1.81. The molecule has 96 valence electrons. The van der Waals surface area contributed by atoms with Crippen molar-refractivity contribution in [2.45, 2.75) is 38.8 Å². The minimum Gasteiger partial charge on any atom is -0.393 e. The van der Waals surface area contributed by atoms with Crippen LogP contribution in [0.1, 0.15) is 24.7 Å². The molecule has 1 N–H and O–H groups in total. The summed E-state index contributed by atoms with van der Waals surface area (Å²) in [5, 5.41) is 14.1. The highest BCUT2D eigenvalue weighted by Gasteiger charge is 2.10. The van der Waals surface area contributed by atoms with Gasteiger partial charge in [-0.15, -0.1) is 0 Å². The molecule has 5 nitrogen and oxygen atoms in total. The molecule has 0 aromatic carbocycles. The van der Waals surface area contributed by atoms with Crippen molar-refractivity contribution in [3.05, 3.63) is 42.2 Å². The molecule has 0 fully saturated rings. The lowest BCUT2D eigenvalue weighted by atomic mass is 10.1. The van der Waals surface area contributed by atoms with Gasteiger partial charge in [-0.3, -0.25) is 9.67 Å². The van der Waals surface area contributed by atoms with Crippen LogP contribution in [0.25, 0.3) is 0 Å². The summed E-state index contributed by atoms with van der Waals surface area (Å²) in [6, 6.07) is 3.93. The molecule has 0 saturated carbocycles. The van der Waals surface area contributed by atoms with Crippen LogP contribution < -0.4 is 0 Å². The maximum absolute atomic E-state index is 10.0. The number of aliphatic hydroxyl groups is 1. The Morgan fingerprint density at radius 3 is 3.06 bits per heavy atom. The molecule has 18 heavy (non-hydrogen) atoms. The Hall–Kier alpha value is -1.75. The molecule has 2 rings (SSSR count). The Balaban J connectivity index is 1.84. The van der Waals surface area contributed by atoms with Crippen molar-refractivity contribution in [2.24, 2.45) is 0 Å². The van der Waals surface area contributed by atoms with Gasteiger partial charge in [0.15, 0.2) is 0 Å². The molecule has 0 saturated heterocycles. The highest BCUT2D eigenvalue weighted by molar-refractivity contribution is 5.08. The standard InChI is InChI=1S/C13H18N4O/c1-2-17-13(15-10-16-17)8-12(18)6-5-11-4-3-7-14-9-11/h3-4,7,9-10,12,18H,2,5-6,8H2,1H3. The fourth-order valence-electron chi connectivity index (χ4n) is 1.90. The van der Waals surface area contributed by atoms with Gasteiger partial charge in [0.1, 0.15) is 12.2 Å². The van der Waals surface area contributed by atoms with Crippen LogP contribution in [0.5, 0.6) is 0 Å². The second-order valence-electron chi connectivity index (χ2n) is 4.25. The van der Waals surface area contributed by atoms with Crippen molar-refractivity contribution in [1.29, 1.82) is 0 Å². The Labute approximate surface area is 107 Å². The van der Waals surface area contributed by atoms with Crippen molar-refractivity contribution in [3.63, 3.8) is 0 Å². The summed E-state index contributed by atoms with van der Waals surface area (Å²) in [5.41, 5.74) is 1.15. The monoisotopic (exact) mass is 246 g/mol. The van der Waals surface area contributed by atoms with Crippen LogP contribution >= 0.6 is 0 Å². The Morgan fingerprint density at radius 2 is 2.33 bits per heavy atom. The minimum absolute atomic E-state index is 0.389. The first-order chi connectivity index (χ1) is 8.79. The van der Waals surface area contributed by atoms with Gasteiger partial charge in [-0.25, -0.2) is 4.98 Å². The highest BCUT2D eigenvalue weighted by atomic mass is 16.3. The zero-order valence-corrected chi connectivity index (χ0v) is 10.5. The quantitative estimate of drug-likeness (QED) is 0.832. The largest absolute Gasteiger partial charge is 0.393 e. The maximum atomic E-state index is 10.0. The Morgan fingerprint density at radius 1 is 1.44 bits per heavy atom. The van der Waals surface area contributed by atoms with E-state index in [1.54, 1.807) is 6.20 Å². The zero-order valence-electron chi connectivity index (χ0n) is 10.5. The molecule has 1 atom stereocenters. The molecule has 2 aromatic rings. The molecule has 0 spiro atoms. The molecule has 0 aliphatic heterocycles. The number of hydrogen-bond acceptors (Lipinski definition) is 4. The average molecular weight is 246 g/mol. The zero-order chi connectivity index (χ0) is 12.8. The van der Waals surface area contributed by atoms with Gasteiger partial charge in [-0.1, -0.05) is 6.07 Å². The Kier molecular flexibility index (Phi) is 4.41. The van der Waals surface area contributed by atoms with E-state index in [0.717, 1.165) is 24.4 Å². The first-order valence-electron chi connectivity index (χ1n) is 6.23. The number of hydrogen-bond donors (Lipinski definition) is 1. The summed E-state index contributed by atoms with van der Waals surface area (Å²) in [5.74, 6) is 0.844. The van der Waals surface area contributed by atoms with E-state index in [9.17, 15) is 5.11 Å². The van der Waals surface area contributed by atoms with Gasteiger partial charge in [0, 0.05) is 25.4 Å². The molecular weight excluding hydrogens is 228 g/mol. The lowest BCUT2D eigenvalue weighted by Gasteiger charge is -2.10. The smallest absolute Gasteiger partial charge is 0.138 e. The van der Waals surface area contributed by atoms with E-state index in [1.165, 1.54) is 6.33 Å². The van der Waals surface area contributed by atoms with Crippen molar-refractivity contribution in [1.82, 2.24) is 19.7 Å². The van der Waals surface area contributed by atoms with Crippen LogP contribution in [0.2, 0.25) is 0 Å². The summed E-state index contributed by atoms with van der Waals surface area (Å²) in [4.78, 5) is 8.22. The summed E-state index contributed by atoms with van der Waals surface area (Å²) >= 11 is 0. The molecular formula is C13H18N4O. The van der Waals surface area contributed by atoms with Gasteiger partial charge in [-0.05, 0) is 31.4 Å². The lowest BCUT2D eigenvalue weighted by Crippen LogP contribution is -2.16. The molecule has 5 heteroatoms. The van der Waals surface area contributed by atoms with E-state index < -0.39 is 0 Å². The SMILES string of the molecule is CCn1ncnc1CC(O)CCc1cccnc1. The highest BCUT2D eigenvalue weighted by Crippen LogP contribution is 2.07. The van der Waals surface area contributed by atoms with Gasteiger partial charge in [0.2, 0.25) is 0 Å². The maximum Gasteiger partial charge on any atom is 0.138 e. The van der Waals surface area contributed by atoms with Crippen molar-refractivity contribution in [2.75, 3.05) is 0 Å². The molecule has 0 radical (unpaired) electrons. The molecule has 0 aliphatic carbocycles. The van der Waals surface area contributed by atoms with Gasteiger partial charge < -0.3 is 5.11 Å². The molecule has 1 unspecified atom stereocenters. The number of nitrogens with zero attached hydrogens (tertiary/aromatic N) is 4. The Bertz CT molecular complexity index is 469. The van der Waals surface area contributed by atoms with Gasteiger partial charge >= 0.3 is 0 Å². The van der Waals surface area contributed by atoms with Crippen LogP contribution in [-0.2, 0) is 19.4 Å². The summed E-state index contributed by atoms with van der Waals surface area (Å²) in [6.45, 7) is 2.80. The number of rotatable bonds is 6. The predicted molar refractivity (Wildman–Crippen MR) is 68.0 cm³/mol. The van der Waals surface area contributed by atoms with Crippen molar-refractivity contribution < 1.29 is 5.11 Å². The third-order valence-corrected chi connectivity index (χ3v) is 2.90. The van der Waals surface area contributed by atoms with Crippen LogP contribution in [0.3, 0.4) is 0 Å². The fraction of sp³-hybridized carbons (Fsp3) is 0.462. The second kappa shape index (κ2) is 6.26. The second-order valence-corrected chi connectivity index (χ2v) is 4.25. The van der Waals surface area contributed by atoms with E-state index in [0.29, 0.717) is 12.8 Å². The summed E-state index contributed by atoms with van der Waals surface area (Å²) in [7, 11) is 0. The van der Waals surface area contributed by atoms with Crippen LogP contribution in [0, 0.1) is 0 Å². The van der Waals surface area contributed by atoms with E-state index in [1.807, 2.05) is 29.9 Å². The van der Waals surface area contributed by atoms with Crippen LogP contribution in [0.4, 0.5) is 0 Å². The van der Waals surface area contributed by atoms with Crippen LogP contribution in [0.15, 0.2) is 30.9 Å². The van der Waals surface area contributed by atoms with Crippen molar-refractivity contribution >= 4 is 0 Å². The van der Waals surface area contributed by atoms with Gasteiger partial charge in [0.05, 0.1) is 6.10 Å². The lowest BCUT2D eigenvalue weighted by molar-refractivity contribution is 0.161. The third kappa shape index (κ3) is 3.37. The average Bonchev–Trinajstić information content (AvgIpc) is 2.85. The molecule has 2 heterocycles. The van der Waals surface area contributed by atoms with Gasteiger partial charge in [-0.2, -0.15) is 5.10 Å². The van der Waals surface area contributed by atoms with E-state index >= 15 is 0 Å². The molecule has 0 bridgehead atoms. The number of pyridine rings is 1. The third-order valence-electron chi connectivity index (χ3n) is 2.90. The van der Waals surface area contributed by atoms with E-state index in [2.05, 4.69) is 15.1 Å².